The summed E-state index contributed by atoms with van der Waals surface area (Å²) in [7, 11) is 0. The lowest BCUT2D eigenvalue weighted by Crippen LogP contribution is -2.46. The first-order chi connectivity index (χ1) is 13.6. The third-order valence-electron chi connectivity index (χ3n) is 3.75. The average molecular weight is 395 g/mol. The summed E-state index contributed by atoms with van der Waals surface area (Å²) in [4.78, 5) is 12.2. The van der Waals surface area contributed by atoms with Gasteiger partial charge in [0.05, 0.1) is 0 Å². The molecule has 0 unspecified atom stereocenters. The summed E-state index contributed by atoms with van der Waals surface area (Å²) < 4.78 is 18.6. The second-order valence-corrected chi connectivity index (χ2v) is 6.24. The summed E-state index contributed by atoms with van der Waals surface area (Å²) in [5.41, 5.74) is 6.47. The van der Waals surface area contributed by atoms with Gasteiger partial charge in [0.1, 0.15) is 17.3 Å². The molecule has 0 aliphatic carbocycles. The van der Waals surface area contributed by atoms with Gasteiger partial charge in [0.2, 0.25) is 0 Å². The van der Waals surface area contributed by atoms with Gasteiger partial charge in [-0.3, -0.25) is 15.6 Å². The molecule has 0 saturated carbocycles. The first-order valence-electron chi connectivity index (χ1n) is 8.52. The van der Waals surface area contributed by atoms with Crippen LogP contribution in [-0.2, 0) is 6.54 Å². The minimum absolute atomic E-state index is 0.252. The highest BCUT2D eigenvalue weighted by atomic mass is 32.1. The first kappa shape index (κ1) is 19.3. The van der Waals surface area contributed by atoms with E-state index in [0.717, 1.165) is 11.3 Å². The van der Waals surface area contributed by atoms with Gasteiger partial charge < -0.3 is 10.1 Å². The van der Waals surface area contributed by atoms with Crippen LogP contribution >= 0.6 is 12.2 Å². The van der Waals surface area contributed by atoms with Crippen molar-refractivity contribution >= 4 is 23.2 Å². The number of para-hydroxylation sites is 1. The fourth-order valence-corrected chi connectivity index (χ4v) is 2.44. The van der Waals surface area contributed by atoms with Crippen LogP contribution in [0.2, 0.25) is 0 Å². The van der Waals surface area contributed by atoms with Gasteiger partial charge in [-0.05, 0) is 66.3 Å². The van der Waals surface area contributed by atoms with E-state index in [2.05, 4.69) is 16.2 Å². The van der Waals surface area contributed by atoms with E-state index in [1.807, 2.05) is 30.3 Å². The van der Waals surface area contributed by atoms with Gasteiger partial charge >= 0.3 is 0 Å². The van der Waals surface area contributed by atoms with Crippen molar-refractivity contribution in [3.8, 4) is 11.5 Å². The number of thiocarbonyl (C=S) groups is 1. The second-order valence-electron chi connectivity index (χ2n) is 5.83. The van der Waals surface area contributed by atoms with Crippen molar-refractivity contribution in [2.24, 2.45) is 0 Å². The highest BCUT2D eigenvalue weighted by Gasteiger charge is 2.06. The molecule has 0 spiro atoms. The smallest absolute Gasteiger partial charge is 0.269 e. The maximum absolute atomic E-state index is 12.9. The molecule has 3 rings (SSSR count). The molecule has 0 aromatic heterocycles. The van der Waals surface area contributed by atoms with Crippen molar-refractivity contribution in [1.29, 1.82) is 0 Å². The number of amides is 1. The number of nitrogens with one attached hydrogen (secondary N) is 3. The quantitative estimate of drug-likeness (QED) is 0.451. The monoisotopic (exact) mass is 395 g/mol. The number of ether oxygens (including phenoxy) is 1. The Morgan fingerprint density at radius 2 is 1.50 bits per heavy atom. The highest BCUT2D eigenvalue weighted by molar-refractivity contribution is 7.80. The van der Waals surface area contributed by atoms with Crippen LogP contribution in [-0.4, -0.2) is 11.0 Å². The summed E-state index contributed by atoms with van der Waals surface area (Å²) in [6.45, 7) is 0.410. The zero-order valence-corrected chi connectivity index (χ0v) is 15.6. The van der Waals surface area contributed by atoms with Gasteiger partial charge in [-0.1, -0.05) is 30.3 Å². The van der Waals surface area contributed by atoms with E-state index in [1.165, 1.54) is 12.1 Å². The van der Waals surface area contributed by atoms with Crippen molar-refractivity contribution in [3.63, 3.8) is 0 Å². The predicted molar refractivity (Wildman–Crippen MR) is 109 cm³/mol. The maximum Gasteiger partial charge on any atom is 0.269 e. The molecule has 0 radical (unpaired) electrons. The first-order valence-corrected chi connectivity index (χ1v) is 8.92. The Morgan fingerprint density at radius 1 is 0.857 bits per heavy atom. The SMILES string of the molecule is O=C(NNC(=S)NCc1ccc(F)cc1)c1ccc(Oc2ccccc2)cc1. The van der Waals surface area contributed by atoms with Gasteiger partial charge in [-0.2, -0.15) is 0 Å². The summed E-state index contributed by atoms with van der Waals surface area (Å²) in [6, 6.07) is 22.2. The van der Waals surface area contributed by atoms with E-state index < -0.39 is 0 Å². The molecule has 0 aliphatic heterocycles. The Hall–Kier alpha value is -3.45. The minimum Gasteiger partial charge on any atom is -0.457 e. The number of halogens is 1. The summed E-state index contributed by atoms with van der Waals surface area (Å²) >= 11 is 5.11. The molecule has 0 heterocycles. The van der Waals surface area contributed by atoms with Crippen LogP contribution < -0.4 is 20.9 Å². The number of hydrogen-bond donors (Lipinski definition) is 3. The number of hydrogen-bond acceptors (Lipinski definition) is 3. The largest absolute Gasteiger partial charge is 0.457 e. The summed E-state index contributed by atoms with van der Waals surface area (Å²) in [5.74, 6) is 0.722. The molecule has 7 heteroatoms. The number of carbonyl (C=O) groups excluding carboxylic acids is 1. The minimum atomic E-state index is -0.336. The maximum atomic E-state index is 12.9. The molecule has 0 saturated heterocycles. The van der Waals surface area contributed by atoms with Crippen LogP contribution in [0.25, 0.3) is 0 Å². The van der Waals surface area contributed by atoms with Gasteiger partial charge in [0, 0.05) is 12.1 Å². The molecule has 5 nitrogen and oxygen atoms in total. The Morgan fingerprint density at radius 3 is 2.18 bits per heavy atom. The molecule has 142 valence electrons. The van der Waals surface area contributed by atoms with Crippen LogP contribution in [0.4, 0.5) is 4.39 Å². The van der Waals surface area contributed by atoms with Crippen molar-refractivity contribution in [2.45, 2.75) is 6.54 Å². The average Bonchev–Trinajstić information content (AvgIpc) is 2.73. The van der Waals surface area contributed by atoms with Crippen LogP contribution in [0.1, 0.15) is 15.9 Å². The lowest BCUT2D eigenvalue weighted by atomic mass is 10.2. The zero-order valence-electron chi connectivity index (χ0n) is 14.8. The fourth-order valence-electron chi connectivity index (χ4n) is 2.31. The van der Waals surface area contributed by atoms with E-state index >= 15 is 0 Å². The fraction of sp³-hybridized carbons (Fsp3) is 0.0476. The van der Waals surface area contributed by atoms with E-state index in [1.54, 1.807) is 36.4 Å². The summed E-state index contributed by atoms with van der Waals surface area (Å²) in [5, 5.41) is 3.18. The van der Waals surface area contributed by atoms with Gasteiger partial charge in [0.25, 0.3) is 5.91 Å². The number of carbonyl (C=O) groups is 1. The topological polar surface area (TPSA) is 62.4 Å². The van der Waals surface area contributed by atoms with E-state index in [4.69, 9.17) is 17.0 Å². The van der Waals surface area contributed by atoms with Gasteiger partial charge in [-0.25, -0.2) is 4.39 Å². The molecular formula is C21H18FN3O2S. The highest BCUT2D eigenvalue weighted by Crippen LogP contribution is 2.21. The van der Waals surface area contributed by atoms with Gasteiger partial charge in [-0.15, -0.1) is 0 Å². The standard InChI is InChI=1S/C21H18FN3O2S/c22-17-10-6-15(7-11-17)14-23-21(28)25-24-20(26)16-8-12-19(13-9-16)27-18-4-2-1-3-5-18/h1-13H,14H2,(H,24,26)(H2,23,25,28). The Balaban J connectivity index is 1.45. The molecule has 0 aliphatic rings. The van der Waals surface area contributed by atoms with E-state index in [-0.39, 0.29) is 16.8 Å². The van der Waals surface area contributed by atoms with E-state index in [9.17, 15) is 9.18 Å². The third kappa shape index (κ3) is 5.78. The van der Waals surface area contributed by atoms with Crippen molar-refractivity contribution < 1.29 is 13.9 Å². The normalized spacial score (nSPS) is 10.0. The van der Waals surface area contributed by atoms with Crippen molar-refractivity contribution in [2.75, 3.05) is 0 Å². The Kier molecular flexibility index (Phi) is 6.54. The molecule has 3 aromatic rings. The van der Waals surface area contributed by atoms with Crippen LogP contribution in [0.15, 0.2) is 78.9 Å². The van der Waals surface area contributed by atoms with Gasteiger partial charge in [0.15, 0.2) is 5.11 Å². The number of hydrazine groups is 1. The molecule has 3 aromatic carbocycles. The van der Waals surface area contributed by atoms with Crippen molar-refractivity contribution in [3.05, 3.63) is 95.8 Å². The molecule has 0 atom stereocenters. The molecule has 3 N–H and O–H groups in total. The number of benzene rings is 3. The van der Waals surface area contributed by atoms with Crippen LogP contribution in [0, 0.1) is 5.82 Å². The zero-order chi connectivity index (χ0) is 19.8. The second kappa shape index (κ2) is 9.48. The molecular weight excluding hydrogens is 377 g/mol. The summed E-state index contributed by atoms with van der Waals surface area (Å²) in [6.07, 6.45) is 0. The predicted octanol–water partition coefficient (Wildman–Crippen LogP) is 3.93. The van der Waals surface area contributed by atoms with Crippen molar-refractivity contribution in [1.82, 2.24) is 16.2 Å². The third-order valence-corrected chi connectivity index (χ3v) is 4.00. The van der Waals surface area contributed by atoms with Crippen LogP contribution in [0.3, 0.4) is 0 Å². The van der Waals surface area contributed by atoms with E-state index in [0.29, 0.717) is 17.9 Å². The Labute approximate surface area is 167 Å². The Bertz CT molecular complexity index is 932. The molecule has 0 fully saturated rings. The molecule has 1 amide bonds. The molecule has 0 bridgehead atoms. The molecule has 28 heavy (non-hydrogen) atoms. The number of rotatable bonds is 5. The lowest BCUT2D eigenvalue weighted by molar-refractivity contribution is 0.0943. The van der Waals surface area contributed by atoms with Crippen LogP contribution in [0.5, 0.6) is 11.5 Å². The lowest BCUT2D eigenvalue weighted by Gasteiger charge is -2.12.